The Morgan fingerprint density at radius 2 is 1.11 bits per heavy atom. The Morgan fingerprint density at radius 3 is 1.50 bits per heavy atom. The van der Waals surface area contributed by atoms with Gasteiger partial charge in [0.05, 0.1) is 0 Å². The zero-order chi connectivity index (χ0) is 13.5. The van der Waals surface area contributed by atoms with Crippen molar-refractivity contribution in [2.24, 2.45) is 5.92 Å². The molecule has 0 saturated heterocycles. The molecule has 0 heterocycles. The summed E-state index contributed by atoms with van der Waals surface area (Å²) in [6, 6.07) is 0. The topological polar surface area (TPSA) is 0 Å². The Balaban J connectivity index is 3.03. The van der Waals surface area contributed by atoms with E-state index in [1.54, 1.807) is 0 Å². The Hall–Kier alpha value is 0. The van der Waals surface area contributed by atoms with Crippen molar-refractivity contribution >= 4 is 0 Å². The second kappa shape index (κ2) is 15.1. The molecule has 0 bridgehead atoms. The van der Waals surface area contributed by atoms with E-state index < -0.39 is 0 Å². The lowest BCUT2D eigenvalue weighted by molar-refractivity contribution is 0.440. The first-order valence-electron chi connectivity index (χ1n) is 8.64. The largest absolute Gasteiger partial charge is 0.0654 e. The molecule has 0 aliphatic carbocycles. The minimum Gasteiger partial charge on any atom is -0.0654 e. The van der Waals surface area contributed by atoms with Crippen LogP contribution in [0.3, 0.4) is 0 Å². The summed E-state index contributed by atoms with van der Waals surface area (Å²) in [5.74, 6) is 0.892. The van der Waals surface area contributed by atoms with E-state index in [1.165, 1.54) is 83.5 Å². The van der Waals surface area contributed by atoms with Crippen LogP contribution in [-0.2, 0) is 0 Å². The fourth-order valence-electron chi connectivity index (χ4n) is 2.65. The van der Waals surface area contributed by atoms with Gasteiger partial charge < -0.3 is 0 Å². The molecular formula is C18H37. The fourth-order valence-corrected chi connectivity index (χ4v) is 2.65. The maximum absolute atomic E-state index is 4.03. The second-order valence-electron chi connectivity index (χ2n) is 5.89. The van der Waals surface area contributed by atoms with E-state index in [-0.39, 0.29) is 0 Å². The number of hydrogen-bond donors (Lipinski definition) is 0. The van der Waals surface area contributed by atoms with E-state index in [0.29, 0.717) is 0 Å². The third-order valence-electron chi connectivity index (χ3n) is 4.20. The van der Waals surface area contributed by atoms with Gasteiger partial charge in [-0.2, -0.15) is 0 Å². The monoisotopic (exact) mass is 253 g/mol. The summed E-state index contributed by atoms with van der Waals surface area (Å²) in [6.45, 7) is 8.62. The molecule has 0 rings (SSSR count). The molecule has 0 N–H and O–H groups in total. The predicted octanol–water partition coefficient (Wildman–Crippen LogP) is 6.94. The maximum atomic E-state index is 4.03. The molecule has 0 aliphatic heterocycles. The molecule has 0 nitrogen and oxygen atoms in total. The lowest BCUT2D eigenvalue weighted by Gasteiger charge is -2.11. The SMILES string of the molecule is [CH2]CC(CC)CCCCCCCCCCCCC. The smallest absolute Gasteiger partial charge is 0.0417 e. The summed E-state index contributed by atoms with van der Waals surface area (Å²) in [7, 11) is 0. The Bertz CT molecular complexity index is 135. The molecule has 0 aromatic carbocycles. The fraction of sp³-hybridized carbons (Fsp3) is 0.944. The van der Waals surface area contributed by atoms with Crippen LogP contribution in [0.2, 0.25) is 0 Å². The van der Waals surface area contributed by atoms with E-state index in [1.807, 2.05) is 0 Å². The first kappa shape index (κ1) is 18.0. The van der Waals surface area contributed by atoms with E-state index in [4.69, 9.17) is 0 Å². The van der Waals surface area contributed by atoms with Crippen LogP contribution in [0.1, 0.15) is 104 Å². The minimum absolute atomic E-state index is 0.892. The predicted molar refractivity (Wildman–Crippen MR) is 84.8 cm³/mol. The Labute approximate surface area is 117 Å². The van der Waals surface area contributed by atoms with E-state index in [0.717, 1.165) is 12.3 Å². The zero-order valence-electron chi connectivity index (χ0n) is 13.2. The highest BCUT2D eigenvalue weighted by molar-refractivity contribution is 4.59. The molecule has 0 fully saturated rings. The van der Waals surface area contributed by atoms with Gasteiger partial charge in [-0.3, -0.25) is 0 Å². The lowest BCUT2D eigenvalue weighted by Crippen LogP contribution is -1.96. The van der Waals surface area contributed by atoms with Crippen molar-refractivity contribution in [2.75, 3.05) is 0 Å². The molecule has 1 unspecified atom stereocenters. The van der Waals surface area contributed by atoms with E-state index in [2.05, 4.69) is 20.8 Å². The number of rotatable bonds is 14. The van der Waals surface area contributed by atoms with Crippen LogP contribution in [0.25, 0.3) is 0 Å². The van der Waals surface area contributed by atoms with Crippen LogP contribution in [-0.4, -0.2) is 0 Å². The molecule has 0 saturated carbocycles. The van der Waals surface area contributed by atoms with Crippen molar-refractivity contribution in [2.45, 2.75) is 104 Å². The highest BCUT2D eigenvalue weighted by Gasteiger charge is 2.02. The average molecular weight is 253 g/mol. The minimum atomic E-state index is 0.892. The molecule has 0 aliphatic rings. The molecular weight excluding hydrogens is 216 g/mol. The highest BCUT2D eigenvalue weighted by atomic mass is 14.1. The summed E-state index contributed by atoms with van der Waals surface area (Å²) < 4.78 is 0. The van der Waals surface area contributed by atoms with Crippen molar-refractivity contribution in [3.05, 3.63) is 6.92 Å². The number of unbranched alkanes of at least 4 members (excludes halogenated alkanes) is 10. The van der Waals surface area contributed by atoms with Gasteiger partial charge in [-0.05, 0) is 5.92 Å². The standard InChI is InChI=1S/C18H37/c1-4-7-8-9-10-11-12-13-14-15-16-17-18(5-2)6-3/h18H,2,4-17H2,1,3H3. The van der Waals surface area contributed by atoms with Gasteiger partial charge >= 0.3 is 0 Å². The molecule has 109 valence electrons. The molecule has 1 radical (unpaired) electrons. The van der Waals surface area contributed by atoms with Gasteiger partial charge in [-0.15, -0.1) is 0 Å². The van der Waals surface area contributed by atoms with Crippen molar-refractivity contribution in [1.29, 1.82) is 0 Å². The van der Waals surface area contributed by atoms with Crippen molar-refractivity contribution < 1.29 is 0 Å². The summed E-state index contributed by atoms with van der Waals surface area (Å²) in [4.78, 5) is 0. The molecule has 0 heteroatoms. The van der Waals surface area contributed by atoms with Crippen molar-refractivity contribution in [1.82, 2.24) is 0 Å². The molecule has 0 spiro atoms. The van der Waals surface area contributed by atoms with Crippen molar-refractivity contribution in [3.63, 3.8) is 0 Å². The summed E-state index contributed by atoms with van der Waals surface area (Å²) in [5.41, 5.74) is 0. The van der Waals surface area contributed by atoms with Gasteiger partial charge in [0.2, 0.25) is 0 Å². The maximum Gasteiger partial charge on any atom is -0.0417 e. The Morgan fingerprint density at radius 1 is 0.667 bits per heavy atom. The van der Waals surface area contributed by atoms with Gasteiger partial charge in [0, 0.05) is 0 Å². The summed E-state index contributed by atoms with van der Waals surface area (Å²) in [6.07, 6.45) is 19.8. The first-order valence-corrected chi connectivity index (χ1v) is 8.64. The van der Waals surface area contributed by atoms with Gasteiger partial charge in [-0.1, -0.05) is 111 Å². The number of hydrogen-bond acceptors (Lipinski definition) is 0. The molecule has 1 atom stereocenters. The summed E-state index contributed by atoms with van der Waals surface area (Å²) in [5, 5.41) is 0. The molecule has 0 aromatic heterocycles. The van der Waals surface area contributed by atoms with Crippen LogP contribution in [0.4, 0.5) is 0 Å². The quantitative estimate of drug-likeness (QED) is 0.294. The zero-order valence-corrected chi connectivity index (χ0v) is 13.2. The first-order chi connectivity index (χ1) is 8.85. The third-order valence-corrected chi connectivity index (χ3v) is 4.20. The van der Waals surface area contributed by atoms with Gasteiger partial charge in [0.15, 0.2) is 0 Å². The second-order valence-corrected chi connectivity index (χ2v) is 5.89. The normalized spacial score (nSPS) is 11.3. The van der Waals surface area contributed by atoms with E-state index in [9.17, 15) is 0 Å². The van der Waals surface area contributed by atoms with Gasteiger partial charge in [0.25, 0.3) is 0 Å². The molecule has 18 heavy (non-hydrogen) atoms. The summed E-state index contributed by atoms with van der Waals surface area (Å²) >= 11 is 0. The van der Waals surface area contributed by atoms with Gasteiger partial charge in [-0.25, -0.2) is 0 Å². The lowest BCUT2D eigenvalue weighted by atomic mass is 9.95. The van der Waals surface area contributed by atoms with Crippen molar-refractivity contribution in [3.8, 4) is 0 Å². The van der Waals surface area contributed by atoms with E-state index >= 15 is 0 Å². The van der Waals surface area contributed by atoms with Crippen LogP contribution >= 0.6 is 0 Å². The van der Waals surface area contributed by atoms with Crippen LogP contribution in [0.5, 0.6) is 0 Å². The Kier molecular flexibility index (Phi) is 15.1. The average Bonchev–Trinajstić information content (AvgIpc) is 2.40. The van der Waals surface area contributed by atoms with Crippen LogP contribution in [0.15, 0.2) is 0 Å². The van der Waals surface area contributed by atoms with Crippen LogP contribution in [0, 0.1) is 12.8 Å². The third kappa shape index (κ3) is 12.5. The van der Waals surface area contributed by atoms with Gasteiger partial charge in [0.1, 0.15) is 0 Å². The highest BCUT2D eigenvalue weighted by Crippen LogP contribution is 2.18. The molecule has 0 amide bonds. The van der Waals surface area contributed by atoms with Crippen LogP contribution < -0.4 is 0 Å². The molecule has 0 aromatic rings.